The van der Waals surface area contributed by atoms with E-state index in [-0.39, 0.29) is 19.0 Å². The third-order valence-electron chi connectivity index (χ3n) is 7.14. The Morgan fingerprint density at radius 3 is 2.11 bits per heavy atom. The second kappa shape index (κ2) is 13.9. The number of carbonyl (C=O) groups is 2. The summed E-state index contributed by atoms with van der Waals surface area (Å²) in [6.07, 6.45) is 1.90. The normalized spacial score (nSPS) is 26.3. The highest BCUT2D eigenvalue weighted by atomic mass is 16.5. The maximum absolute atomic E-state index is 10.8. The third kappa shape index (κ3) is 7.60. The fourth-order valence-electron chi connectivity index (χ4n) is 5.67. The molecule has 4 atom stereocenters. The summed E-state index contributed by atoms with van der Waals surface area (Å²) in [6.45, 7) is 6.33. The van der Waals surface area contributed by atoms with E-state index in [4.69, 9.17) is 24.5 Å². The number of ether oxygens (including phenoxy) is 1. The van der Waals surface area contributed by atoms with Gasteiger partial charge in [-0.15, -0.1) is 0 Å². The van der Waals surface area contributed by atoms with Crippen molar-refractivity contribution < 1.29 is 29.6 Å². The largest absolute Gasteiger partial charge is 0.483 e. The number of hydrogen-bond donors (Lipinski definition) is 3. The number of aliphatic hydroxyl groups is 1. The van der Waals surface area contributed by atoms with E-state index in [2.05, 4.69) is 64.4 Å². The van der Waals surface area contributed by atoms with Crippen LogP contribution in [0, 0.1) is 11.8 Å². The Labute approximate surface area is 206 Å². The number of likely N-dealkylation sites (tertiary alicyclic amines) is 1. The van der Waals surface area contributed by atoms with Crippen molar-refractivity contribution in [3.8, 4) is 11.1 Å². The van der Waals surface area contributed by atoms with E-state index in [1.54, 1.807) is 0 Å². The molecule has 0 spiro atoms. The first-order valence-electron chi connectivity index (χ1n) is 12.1. The molecule has 5 rings (SSSR count). The molecule has 0 bridgehead atoms. The first kappa shape index (κ1) is 26.8. The first-order chi connectivity index (χ1) is 17.1. The molecule has 0 unspecified atom stereocenters. The summed E-state index contributed by atoms with van der Waals surface area (Å²) in [5.74, 6) is 1.35. The van der Waals surface area contributed by atoms with E-state index in [1.807, 2.05) is 0 Å². The molecule has 2 saturated heterocycles. The third-order valence-corrected chi connectivity index (χ3v) is 7.14. The number of aliphatic hydroxyl groups excluding tert-OH is 1. The minimum Gasteiger partial charge on any atom is -0.483 e. The Kier molecular flexibility index (Phi) is 10.7. The molecule has 0 radical (unpaired) electrons. The van der Waals surface area contributed by atoms with Crippen molar-refractivity contribution >= 4 is 12.9 Å². The quantitative estimate of drug-likeness (QED) is 0.568. The Balaban J connectivity index is 0.000000520. The number of nitrogens with zero attached hydrogens (tertiary/aromatic N) is 2. The zero-order chi connectivity index (χ0) is 25.0. The fourth-order valence-corrected chi connectivity index (χ4v) is 5.67. The van der Waals surface area contributed by atoms with Crippen molar-refractivity contribution in [2.75, 3.05) is 39.4 Å². The van der Waals surface area contributed by atoms with Gasteiger partial charge in [0.05, 0.1) is 19.3 Å². The second-order valence-electron chi connectivity index (χ2n) is 9.25. The number of morpholine rings is 1. The summed E-state index contributed by atoms with van der Waals surface area (Å²) in [5.41, 5.74) is 3.96. The van der Waals surface area contributed by atoms with Crippen LogP contribution in [0.4, 0.5) is 0 Å². The lowest BCUT2D eigenvalue weighted by molar-refractivity contribution is -0.123. The SMILES string of the molecule is O=CO.O=CO.O[C@@H]1C[C@H]2CN(Cc3cccc(-c4ccccc4)c3)C[C@H]2C[C@H]1N1CCOCC1. The lowest BCUT2D eigenvalue weighted by atomic mass is 9.77. The van der Waals surface area contributed by atoms with Gasteiger partial charge >= 0.3 is 0 Å². The number of rotatable bonds is 4. The Hall–Kier alpha value is -2.78. The summed E-state index contributed by atoms with van der Waals surface area (Å²) in [4.78, 5) is 21.8. The molecule has 3 aliphatic rings. The molecule has 0 amide bonds. The van der Waals surface area contributed by atoms with Crippen LogP contribution in [0.1, 0.15) is 18.4 Å². The molecule has 35 heavy (non-hydrogen) atoms. The molecule has 2 aliphatic heterocycles. The lowest BCUT2D eigenvalue weighted by Gasteiger charge is -2.43. The highest BCUT2D eigenvalue weighted by Crippen LogP contribution is 2.39. The zero-order valence-electron chi connectivity index (χ0n) is 20.0. The van der Waals surface area contributed by atoms with Crippen LogP contribution in [-0.2, 0) is 20.9 Å². The Morgan fingerprint density at radius 1 is 0.857 bits per heavy atom. The van der Waals surface area contributed by atoms with Gasteiger partial charge in [-0.1, -0.05) is 48.5 Å². The van der Waals surface area contributed by atoms with Crippen LogP contribution in [-0.4, -0.2) is 89.6 Å². The molecule has 1 aliphatic carbocycles. The van der Waals surface area contributed by atoms with Gasteiger partial charge in [0.1, 0.15) is 0 Å². The highest BCUT2D eigenvalue weighted by Gasteiger charge is 2.43. The second-order valence-corrected chi connectivity index (χ2v) is 9.25. The number of carboxylic acid groups (broad SMARTS) is 2. The molecule has 1 saturated carbocycles. The maximum atomic E-state index is 10.8. The standard InChI is InChI=1S/C25H32N2O2.2CH2O2/c28-25-15-23-18-26(17-22(23)14-24(25)27-9-11-29-12-10-27)16-19-5-4-8-21(13-19)20-6-2-1-3-7-20;2*2-1-3/h1-8,13,22-25,28H,9-12,14-18H2;2*1H,(H,2,3)/t22-,23+,24-,25-;;/m1../s1. The van der Waals surface area contributed by atoms with E-state index in [9.17, 15) is 5.11 Å². The predicted molar refractivity (Wildman–Crippen MR) is 133 cm³/mol. The van der Waals surface area contributed by atoms with Gasteiger partial charge in [0.15, 0.2) is 0 Å². The number of benzene rings is 2. The van der Waals surface area contributed by atoms with Crippen molar-refractivity contribution in [3.05, 3.63) is 60.2 Å². The minimum absolute atomic E-state index is 0.185. The highest BCUT2D eigenvalue weighted by molar-refractivity contribution is 5.63. The van der Waals surface area contributed by atoms with E-state index < -0.39 is 0 Å². The molecular formula is C27H36N2O6. The molecule has 2 heterocycles. The number of hydrogen-bond acceptors (Lipinski definition) is 6. The summed E-state index contributed by atoms with van der Waals surface area (Å²) in [6, 6.07) is 19.9. The van der Waals surface area contributed by atoms with Gasteiger partial charge in [-0.3, -0.25) is 19.4 Å². The van der Waals surface area contributed by atoms with Crippen LogP contribution in [0.3, 0.4) is 0 Å². The van der Waals surface area contributed by atoms with Crippen LogP contribution < -0.4 is 0 Å². The van der Waals surface area contributed by atoms with Gasteiger partial charge in [-0.25, -0.2) is 0 Å². The summed E-state index contributed by atoms with van der Waals surface area (Å²) in [7, 11) is 0. The van der Waals surface area contributed by atoms with Gasteiger partial charge in [0, 0.05) is 38.8 Å². The molecule has 3 fully saturated rings. The van der Waals surface area contributed by atoms with Crippen molar-refractivity contribution in [1.29, 1.82) is 0 Å². The molecule has 8 nitrogen and oxygen atoms in total. The van der Waals surface area contributed by atoms with Crippen molar-refractivity contribution in [1.82, 2.24) is 9.80 Å². The Morgan fingerprint density at radius 2 is 1.46 bits per heavy atom. The summed E-state index contributed by atoms with van der Waals surface area (Å²) >= 11 is 0. The molecule has 8 heteroatoms. The lowest BCUT2D eigenvalue weighted by Crippen LogP contribution is -2.53. The van der Waals surface area contributed by atoms with Crippen LogP contribution in [0.2, 0.25) is 0 Å². The van der Waals surface area contributed by atoms with E-state index >= 15 is 0 Å². The van der Waals surface area contributed by atoms with E-state index in [0.717, 1.165) is 58.8 Å². The molecule has 2 aromatic carbocycles. The average Bonchev–Trinajstić information content (AvgIpc) is 3.26. The molecule has 2 aromatic rings. The van der Waals surface area contributed by atoms with E-state index in [0.29, 0.717) is 17.9 Å². The van der Waals surface area contributed by atoms with Gasteiger partial charge in [-0.2, -0.15) is 0 Å². The molecular weight excluding hydrogens is 448 g/mol. The van der Waals surface area contributed by atoms with Crippen LogP contribution in [0.15, 0.2) is 54.6 Å². The van der Waals surface area contributed by atoms with Gasteiger partial charge in [-0.05, 0) is 47.4 Å². The monoisotopic (exact) mass is 484 g/mol. The Bertz CT molecular complexity index is 900. The van der Waals surface area contributed by atoms with Crippen molar-refractivity contribution in [2.45, 2.75) is 31.5 Å². The van der Waals surface area contributed by atoms with Gasteiger partial charge in [0.25, 0.3) is 12.9 Å². The van der Waals surface area contributed by atoms with Crippen LogP contribution >= 0.6 is 0 Å². The smallest absolute Gasteiger partial charge is 0.290 e. The predicted octanol–water partition coefficient (Wildman–Crippen LogP) is 2.66. The van der Waals surface area contributed by atoms with Gasteiger partial charge < -0.3 is 20.1 Å². The first-order valence-corrected chi connectivity index (χ1v) is 12.1. The van der Waals surface area contributed by atoms with Crippen molar-refractivity contribution in [3.63, 3.8) is 0 Å². The zero-order valence-corrected chi connectivity index (χ0v) is 20.0. The summed E-state index contributed by atoms with van der Waals surface area (Å²) < 4.78 is 5.51. The maximum Gasteiger partial charge on any atom is 0.290 e. The fraction of sp³-hybridized carbons (Fsp3) is 0.481. The van der Waals surface area contributed by atoms with E-state index in [1.165, 1.54) is 16.7 Å². The minimum atomic E-state index is -0.250. The average molecular weight is 485 g/mol. The topological polar surface area (TPSA) is 111 Å². The van der Waals surface area contributed by atoms with Crippen LogP contribution in [0.5, 0.6) is 0 Å². The number of fused-ring (bicyclic) bond motifs is 1. The molecule has 190 valence electrons. The summed E-state index contributed by atoms with van der Waals surface area (Å²) in [5, 5.41) is 24.6. The molecule has 0 aromatic heterocycles. The van der Waals surface area contributed by atoms with Crippen molar-refractivity contribution in [2.24, 2.45) is 11.8 Å². The molecule has 3 N–H and O–H groups in total. The van der Waals surface area contributed by atoms with Gasteiger partial charge in [0.2, 0.25) is 0 Å². The van der Waals surface area contributed by atoms with Crippen LogP contribution in [0.25, 0.3) is 11.1 Å².